The summed E-state index contributed by atoms with van der Waals surface area (Å²) in [5.74, 6) is -0.0151. The molecule has 0 fully saturated rings. The molecule has 2 atom stereocenters. The van der Waals surface area contributed by atoms with Crippen molar-refractivity contribution in [2.75, 3.05) is 0 Å². The van der Waals surface area contributed by atoms with Crippen LogP contribution in [0.15, 0.2) is 57.8 Å². The molecule has 2 rings (SSSR count). The van der Waals surface area contributed by atoms with Crippen LogP contribution in [0.2, 0.25) is 0 Å². The van der Waals surface area contributed by atoms with Crippen molar-refractivity contribution in [3.63, 3.8) is 0 Å². The van der Waals surface area contributed by atoms with Crippen molar-refractivity contribution in [3.8, 4) is 0 Å². The minimum atomic E-state index is -0.645. The molecule has 1 aromatic heterocycles. The number of ether oxygens (including phenoxy) is 1. The Morgan fingerprint density at radius 1 is 1.30 bits per heavy atom. The Labute approximate surface area is 180 Å². The number of furan rings is 1. The summed E-state index contributed by atoms with van der Waals surface area (Å²) in [6.07, 6.45) is 14.8. The van der Waals surface area contributed by atoms with E-state index in [0.29, 0.717) is 0 Å². The van der Waals surface area contributed by atoms with Gasteiger partial charge in [-0.2, -0.15) is 0 Å². The number of aliphatic hydroxyl groups excluding tert-OH is 1. The first-order chi connectivity index (χ1) is 14.2. The summed E-state index contributed by atoms with van der Waals surface area (Å²) >= 11 is 0. The third-order valence-electron chi connectivity index (χ3n) is 5.70. The van der Waals surface area contributed by atoms with Crippen LogP contribution in [-0.2, 0) is 16.0 Å². The van der Waals surface area contributed by atoms with Gasteiger partial charge in [-0.1, -0.05) is 18.6 Å². The monoisotopic (exact) mass is 416 g/mol. The lowest BCUT2D eigenvalue weighted by Gasteiger charge is -2.22. The molecule has 0 bridgehead atoms. The van der Waals surface area contributed by atoms with Gasteiger partial charge in [0.05, 0.1) is 23.7 Å². The smallest absolute Gasteiger partial charge is 0.343 e. The molecule has 166 valence electrons. The first-order valence-corrected chi connectivity index (χ1v) is 10.9. The molecule has 5 heteroatoms. The Morgan fingerprint density at radius 3 is 2.70 bits per heavy atom. The normalized spacial score (nSPS) is 19.3. The van der Waals surface area contributed by atoms with Crippen molar-refractivity contribution >= 4 is 5.97 Å². The average Bonchev–Trinajstić information content (AvgIpc) is 3.26. The Kier molecular flexibility index (Phi) is 8.97. The number of aryl methyl sites for hydroxylation is 1. The highest BCUT2D eigenvalue weighted by Crippen LogP contribution is 2.26. The number of hydrogen-bond acceptors (Lipinski definition) is 5. The van der Waals surface area contributed by atoms with Crippen molar-refractivity contribution in [2.24, 2.45) is 5.92 Å². The first kappa shape index (κ1) is 24.0. The Bertz CT molecular complexity index is 780. The summed E-state index contributed by atoms with van der Waals surface area (Å²) in [6.45, 7) is 7.67. The van der Waals surface area contributed by atoms with Crippen LogP contribution in [-0.4, -0.2) is 21.8 Å². The molecule has 1 aliphatic heterocycles. The van der Waals surface area contributed by atoms with Gasteiger partial charge >= 0.3 is 5.97 Å². The number of esters is 1. The van der Waals surface area contributed by atoms with Gasteiger partial charge in [-0.25, -0.2) is 4.79 Å². The number of carbonyl (C=O) groups is 1. The van der Waals surface area contributed by atoms with Crippen LogP contribution in [0.25, 0.3) is 0 Å². The van der Waals surface area contributed by atoms with E-state index < -0.39 is 11.6 Å². The molecule has 2 unspecified atom stereocenters. The summed E-state index contributed by atoms with van der Waals surface area (Å²) in [6, 6.07) is 1.97. The third kappa shape index (κ3) is 7.86. The van der Waals surface area contributed by atoms with E-state index in [4.69, 9.17) is 9.15 Å². The molecule has 0 spiro atoms. The second-order valence-corrected chi connectivity index (χ2v) is 8.83. The highest BCUT2D eigenvalue weighted by molar-refractivity contribution is 5.93. The maximum absolute atomic E-state index is 11.5. The van der Waals surface area contributed by atoms with Crippen LogP contribution in [0, 0.1) is 5.92 Å². The van der Waals surface area contributed by atoms with E-state index in [2.05, 4.69) is 19.9 Å². The van der Waals surface area contributed by atoms with Crippen molar-refractivity contribution in [1.29, 1.82) is 0 Å². The summed E-state index contributed by atoms with van der Waals surface area (Å²) in [7, 11) is 0. The van der Waals surface area contributed by atoms with Crippen LogP contribution in [0.3, 0.4) is 0 Å². The number of aliphatic hydroxyl groups is 2. The largest absolute Gasteiger partial charge is 0.504 e. The van der Waals surface area contributed by atoms with Crippen LogP contribution in [0.1, 0.15) is 78.2 Å². The Morgan fingerprint density at radius 2 is 2.07 bits per heavy atom. The van der Waals surface area contributed by atoms with Crippen LogP contribution in [0.4, 0.5) is 0 Å². The molecule has 1 aromatic rings. The molecule has 30 heavy (non-hydrogen) atoms. The lowest BCUT2D eigenvalue weighted by Crippen LogP contribution is -2.23. The summed E-state index contributed by atoms with van der Waals surface area (Å²) in [5.41, 5.74) is 2.13. The van der Waals surface area contributed by atoms with Crippen molar-refractivity contribution in [3.05, 3.63) is 59.0 Å². The minimum Gasteiger partial charge on any atom is -0.504 e. The minimum absolute atomic E-state index is 0.0419. The van der Waals surface area contributed by atoms with Gasteiger partial charge in [0.2, 0.25) is 0 Å². The fraction of sp³-hybridized carbons (Fsp3) is 0.560. The summed E-state index contributed by atoms with van der Waals surface area (Å²) in [4.78, 5) is 11.5. The first-order valence-electron chi connectivity index (χ1n) is 10.9. The molecule has 0 amide bonds. The van der Waals surface area contributed by atoms with Gasteiger partial charge in [0.15, 0.2) is 11.5 Å². The van der Waals surface area contributed by atoms with Gasteiger partial charge < -0.3 is 19.4 Å². The maximum atomic E-state index is 11.5. The number of allylic oxidation sites excluding steroid dienone is 3. The molecule has 5 nitrogen and oxygen atoms in total. The zero-order valence-electron chi connectivity index (χ0n) is 18.7. The highest BCUT2D eigenvalue weighted by Gasteiger charge is 2.26. The standard InChI is InChI=1S/C25H36O5/c1-18(8-5-9-19(2)16-22-23(26)20(3)24(27)30-22)10-6-13-25(4,28)14-7-11-21-12-15-29-17-21/h10,12,15-17,19,26,28H,5-9,11,13-14H2,1-4H3/b18-10+,22-16+. The number of carbonyl (C=O) groups excluding carboxylic acids is 1. The van der Waals surface area contributed by atoms with Crippen molar-refractivity contribution in [2.45, 2.75) is 84.7 Å². The lowest BCUT2D eigenvalue weighted by molar-refractivity contribution is -0.133. The van der Waals surface area contributed by atoms with Gasteiger partial charge in [0.1, 0.15) is 0 Å². The van der Waals surface area contributed by atoms with E-state index in [9.17, 15) is 15.0 Å². The molecular formula is C25H36O5. The fourth-order valence-corrected chi connectivity index (χ4v) is 3.63. The quantitative estimate of drug-likeness (QED) is 0.315. The third-order valence-corrected chi connectivity index (χ3v) is 5.70. The molecule has 2 heterocycles. The number of hydrogen-bond donors (Lipinski definition) is 2. The van der Waals surface area contributed by atoms with E-state index in [1.165, 1.54) is 11.1 Å². The van der Waals surface area contributed by atoms with Crippen molar-refractivity contribution in [1.82, 2.24) is 0 Å². The molecule has 2 N–H and O–H groups in total. The van der Waals surface area contributed by atoms with Gasteiger partial charge in [-0.3, -0.25) is 0 Å². The van der Waals surface area contributed by atoms with Gasteiger partial charge in [0.25, 0.3) is 0 Å². The van der Waals surface area contributed by atoms with Crippen molar-refractivity contribution < 1.29 is 24.2 Å². The topological polar surface area (TPSA) is 79.9 Å². The molecular weight excluding hydrogens is 380 g/mol. The van der Waals surface area contributed by atoms with Crippen LogP contribution >= 0.6 is 0 Å². The fourth-order valence-electron chi connectivity index (χ4n) is 3.63. The molecule has 1 aliphatic rings. The molecule has 0 aromatic carbocycles. The van der Waals surface area contributed by atoms with Crippen LogP contribution in [0.5, 0.6) is 0 Å². The summed E-state index contributed by atoms with van der Waals surface area (Å²) < 4.78 is 10.2. The van der Waals surface area contributed by atoms with E-state index >= 15 is 0 Å². The van der Waals surface area contributed by atoms with E-state index in [1.807, 2.05) is 19.1 Å². The van der Waals surface area contributed by atoms with E-state index in [1.54, 1.807) is 19.5 Å². The predicted octanol–water partition coefficient (Wildman–Crippen LogP) is 6.16. The molecule has 0 saturated carbocycles. The van der Waals surface area contributed by atoms with E-state index in [-0.39, 0.29) is 23.0 Å². The zero-order valence-corrected chi connectivity index (χ0v) is 18.7. The Balaban J connectivity index is 1.64. The summed E-state index contributed by atoms with van der Waals surface area (Å²) in [5, 5.41) is 20.5. The number of cyclic esters (lactones) is 1. The highest BCUT2D eigenvalue weighted by atomic mass is 16.6. The zero-order chi connectivity index (χ0) is 22.1. The SMILES string of the molecule is CC1=C(O)/C(=C\C(C)CCC/C(C)=C/CCC(C)(O)CCCc2ccoc2)OC1=O. The lowest BCUT2D eigenvalue weighted by atomic mass is 9.92. The average molecular weight is 417 g/mol. The predicted molar refractivity (Wildman–Crippen MR) is 118 cm³/mol. The molecule has 0 radical (unpaired) electrons. The Hall–Kier alpha value is -2.27. The second kappa shape index (κ2) is 11.2. The molecule has 0 saturated heterocycles. The molecule has 0 aliphatic carbocycles. The van der Waals surface area contributed by atoms with Crippen LogP contribution < -0.4 is 0 Å². The van der Waals surface area contributed by atoms with E-state index in [0.717, 1.165) is 51.4 Å². The van der Waals surface area contributed by atoms with Gasteiger partial charge in [-0.05, 0) is 95.8 Å². The second-order valence-electron chi connectivity index (χ2n) is 8.83. The van der Waals surface area contributed by atoms with Gasteiger partial charge in [-0.15, -0.1) is 0 Å². The van der Waals surface area contributed by atoms with Gasteiger partial charge in [0, 0.05) is 0 Å². The number of rotatable bonds is 12. The maximum Gasteiger partial charge on any atom is 0.343 e.